The number of nitrogens with zero attached hydrogens (tertiary/aromatic N) is 1. The normalized spacial score (nSPS) is 17.8. The van der Waals surface area contributed by atoms with Gasteiger partial charge in [-0.25, -0.2) is 0 Å². The molecular formula is C56H50BN2S. The van der Waals surface area contributed by atoms with E-state index in [0.717, 1.165) is 5.69 Å². The van der Waals surface area contributed by atoms with E-state index in [-0.39, 0.29) is 21.7 Å². The van der Waals surface area contributed by atoms with E-state index < -0.39 is 0 Å². The van der Waals surface area contributed by atoms with E-state index in [9.17, 15) is 0 Å². The number of nitrogens with one attached hydrogen (secondary N) is 1. The van der Waals surface area contributed by atoms with Crippen molar-refractivity contribution in [3.63, 3.8) is 0 Å². The molecule has 60 heavy (non-hydrogen) atoms. The van der Waals surface area contributed by atoms with Crippen LogP contribution in [0.1, 0.15) is 102 Å². The molecule has 2 aliphatic carbocycles. The van der Waals surface area contributed by atoms with Gasteiger partial charge in [-0.3, -0.25) is 0 Å². The van der Waals surface area contributed by atoms with Crippen LogP contribution < -0.4 is 21.1 Å². The lowest BCUT2D eigenvalue weighted by Gasteiger charge is -2.46. The summed E-state index contributed by atoms with van der Waals surface area (Å²) in [5, 5.41) is 6.86. The molecule has 0 unspecified atom stereocenters. The summed E-state index contributed by atoms with van der Waals surface area (Å²) in [4.78, 5) is 2.60. The first kappa shape index (κ1) is 36.3. The van der Waals surface area contributed by atoms with Crippen LogP contribution in [0.4, 0.5) is 28.4 Å². The Morgan fingerprint density at radius 3 is 2.05 bits per heavy atom. The van der Waals surface area contributed by atoms with Crippen LogP contribution in [0.5, 0.6) is 0 Å². The first-order valence-corrected chi connectivity index (χ1v) is 22.6. The Morgan fingerprint density at radius 1 is 0.533 bits per heavy atom. The van der Waals surface area contributed by atoms with Crippen LogP contribution in [0, 0.1) is 0 Å². The standard InChI is InChI=1S/C56H50BN2S/c1-53(2)28-29-54(3,4)42-30-32(24-26-38(42)53)58-50-35(25-27-40-47(50)34-17-9-11-18-37(34)55(40,5)6)48-49-45(31-36-33-16-10-14-23-46(33)60-52(36)48)59-44-22-13-12-19-39(44)56(7,8)41-20-15-21-43(57-49)51(41)59/h9-27,30-31,58H,28-29H2,1-8H3. The number of fused-ring (bicyclic) bond motifs is 11. The molecule has 12 rings (SSSR count). The fourth-order valence-electron chi connectivity index (χ4n) is 11.7. The summed E-state index contributed by atoms with van der Waals surface area (Å²) < 4.78 is 2.65. The summed E-state index contributed by atoms with van der Waals surface area (Å²) in [5.41, 5.74) is 22.3. The molecule has 1 N–H and O–H groups in total. The van der Waals surface area contributed by atoms with Gasteiger partial charge in [-0.05, 0) is 104 Å². The van der Waals surface area contributed by atoms with Crippen LogP contribution >= 0.6 is 11.3 Å². The van der Waals surface area contributed by atoms with Crippen LogP contribution in [0.2, 0.25) is 0 Å². The number of hydrogen-bond acceptors (Lipinski definition) is 3. The molecule has 0 fully saturated rings. The molecule has 0 amide bonds. The van der Waals surface area contributed by atoms with E-state index in [1.54, 1.807) is 0 Å². The van der Waals surface area contributed by atoms with Gasteiger partial charge in [0.2, 0.25) is 0 Å². The van der Waals surface area contributed by atoms with Crippen molar-refractivity contribution in [3.8, 4) is 22.3 Å². The van der Waals surface area contributed by atoms with E-state index in [4.69, 9.17) is 0 Å². The van der Waals surface area contributed by atoms with E-state index in [1.165, 1.54) is 122 Å². The molecule has 293 valence electrons. The fraction of sp³-hybridized carbons (Fsp3) is 0.250. The van der Waals surface area contributed by atoms with Crippen molar-refractivity contribution in [2.24, 2.45) is 0 Å². The Kier molecular flexibility index (Phi) is 7.28. The summed E-state index contributed by atoms with van der Waals surface area (Å²) in [5.74, 6) is 0. The Balaban J connectivity index is 1.19. The average molecular weight is 794 g/mol. The van der Waals surface area contributed by atoms with E-state index in [2.05, 4.69) is 200 Å². The second kappa shape index (κ2) is 12.0. The number of rotatable bonds is 3. The monoisotopic (exact) mass is 793 g/mol. The van der Waals surface area contributed by atoms with Gasteiger partial charge in [-0.2, -0.15) is 0 Å². The summed E-state index contributed by atoms with van der Waals surface area (Å²) in [6.07, 6.45) is 2.38. The zero-order chi connectivity index (χ0) is 41.1. The molecule has 0 saturated carbocycles. The molecule has 0 bridgehead atoms. The van der Waals surface area contributed by atoms with Crippen LogP contribution in [-0.4, -0.2) is 7.28 Å². The minimum absolute atomic E-state index is 0.0981. The first-order valence-electron chi connectivity index (χ1n) is 21.8. The van der Waals surface area contributed by atoms with E-state index >= 15 is 0 Å². The van der Waals surface area contributed by atoms with E-state index in [0.29, 0.717) is 0 Å². The molecule has 1 aromatic heterocycles. The highest BCUT2D eigenvalue weighted by Gasteiger charge is 2.43. The van der Waals surface area contributed by atoms with Gasteiger partial charge in [-0.1, -0.05) is 158 Å². The van der Waals surface area contributed by atoms with Crippen molar-refractivity contribution in [1.29, 1.82) is 0 Å². The maximum Gasteiger partial charge on any atom is 0.197 e. The summed E-state index contributed by atoms with van der Waals surface area (Å²) in [6.45, 7) is 19.3. The molecule has 1 radical (unpaired) electrons. The fourth-order valence-corrected chi connectivity index (χ4v) is 13.0. The Hall–Kier alpha value is -5.58. The molecule has 2 aliphatic heterocycles. The number of hydrogen-bond donors (Lipinski definition) is 1. The van der Waals surface area contributed by atoms with Gasteiger partial charge in [0, 0.05) is 59.2 Å². The van der Waals surface area contributed by atoms with Gasteiger partial charge in [0.05, 0.1) is 11.4 Å². The van der Waals surface area contributed by atoms with Crippen molar-refractivity contribution in [2.45, 2.75) is 89.9 Å². The molecule has 3 heterocycles. The maximum atomic E-state index is 4.24. The highest BCUT2D eigenvalue weighted by atomic mass is 32.1. The number of thiophene rings is 1. The molecule has 8 aromatic rings. The molecule has 4 aliphatic rings. The highest BCUT2D eigenvalue weighted by Crippen LogP contribution is 2.58. The third-order valence-corrected chi connectivity index (χ3v) is 16.4. The number of anilines is 5. The largest absolute Gasteiger partial charge is 0.354 e. The summed E-state index contributed by atoms with van der Waals surface area (Å²) in [7, 11) is 2.51. The highest BCUT2D eigenvalue weighted by molar-refractivity contribution is 7.26. The number of para-hydroxylation sites is 2. The Labute approximate surface area is 359 Å². The predicted octanol–water partition coefficient (Wildman–Crippen LogP) is 14.2. The van der Waals surface area contributed by atoms with Gasteiger partial charge in [0.1, 0.15) is 0 Å². The lowest BCUT2D eigenvalue weighted by Crippen LogP contribution is -2.45. The molecular weight excluding hydrogens is 744 g/mol. The zero-order valence-electron chi connectivity index (χ0n) is 36.0. The zero-order valence-corrected chi connectivity index (χ0v) is 36.8. The van der Waals surface area contributed by atoms with Crippen LogP contribution in [0.3, 0.4) is 0 Å². The van der Waals surface area contributed by atoms with Gasteiger partial charge in [0.25, 0.3) is 0 Å². The van der Waals surface area contributed by atoms with E-state index in [1.807, 2.05) is 11.3 Å². The van der Waals surface area contributed by atoms with Crippen molar-refractivity contribution in [1.82, 2.24) is 0 Å². The van der Waals surface area contributed by atoms with Gasteiger partial charge in [0.15, 0.2) is 7.28 Å². The van der Waals surface area contributed by atoms with Crippen LogP contribution in [0.15, 0.2) is 127 Å². The Morgan fingerprint density at radius 2 is 1.22 bits per heavy atom. The second-order valence-electron chi connectivity index (χ2n) is 20.3. The van der Waals surface area contributed by atoms with Crippen molar-refractivity contribution in [2.75, 3.05) is 10.2 Å². The first-order chi connectivity index (χ1) is 28.8. The van der Waals surface area contributed by atoms with Gasteiger partial charge >= 0.3 is 0 Å². The van der Waals surface area contributed by atoms with Gasteiger partial charge < -0.3 is 10.2 Å². The Bertz CT molecular complexity index is 3180. The third kappa shape index (κ3) is 4.77. The topological polar surface area (TPSA) is 15.3 Å². The molecule has 0 spiro atoms. The summed E-state index contributed by atoms with van der Waals surface area (Å²) >= 11 is 1.93. The molecule has 0 saturated heterocycles. The minimum atomic E-state index is -0.141. The summed E-state index contributed by atoms with van der Waals surface area (Å²) in [6, 6.07) is 48.8. The number of benzene rings is 7. The van der Waals surface area contributed by atoms with Crippen molar-refractivity contribution in [3.05, 3.63) is 161 Å². The average Bonchev–Trinajstić information content (AvgIpc) is 3.72. The smallest absolute Gasteiger partial charge is 0.197 e. The third-order valence-electron chi connectivity index (χ3n) is 15.2. The molecule has 0 atom stereocenters. The molecule has 2 nitrogen and oxygen atoms in total. The lowest BCUT2D eigenvalue weighted by molar-refractivity contribution is 0.332. The van der Waals surface area contributed by atoms with Crippen molar-refractivity contribution < 1.29 is 0 Å². The second-order valence-corrected chi connectivity index (χ2v) is 21.3. The maximum absolute atomic E-state index is 4.24. The SMILES string of the molecule is CC1(C)CCC(C)(C)c2cc(Nc3c(-c4c5c(cc6c4sc4ccccc46)N4c6ccccc6C(C)(C)c6cccc(c64)[B]5)ccc4c3-c3ccccc3C4(C)C)ccc21. The predicted molar refractivity (Wildman–Crippen MR) is 259 cm³/mol. The molecule has 7 aromatic carbocycles. The lowest BCUT2D eigenvalue weighted by atomic mass is 9.55. The van der Waals surface area contributed by atoms with Gasteiger partial charge in [-0.15, -0.1) is 11.3 Å². The van der Waals surface area contributed by atoms with Crippen LogP contribution in [-0.2, 0) is 21.7 Å². The quantitative estimate of drug-likeness (QED) is 0.179. The minimum Gasteiger partial charge on any atom is -0.354 e. The molecule has 4 heteroatoms. The van der Waals surface area contributed by atoms with Crippen molar-refractivity contribution >= 4 is 78.2 Å². The van der Waals surface area contributed by atoms with Crippen LogP contribution in [0.25, 0.3) is 42.4 Å².